The van der Waals surface area contributed by atoms with Crippen molar-refractivity contribution in [1.29, 1.82) is 0 Å². The summed E-state index contributed by atoms with van der Waals surface area (Å²) in [4.78, 5) is 0. The smallest absolute Gasteiger partial charge is 0.0565 e. The maximum absolute atomic E-state index is 9.62. The van der Waals surface area contributed by atoms with E-state index in [2.05, 4.69) is 20.8 Å². The van der Waals surface area contributed by atoms with Crippen LogP contribution in [-0.4, -0.2) is 17.8 Å². The second-order valence-electron chi connectivity index (χ2n) is 3.87. The average molecular weight is 173 g/mol. The fourth-order valence-corrected chi connectivity index (χ4v) is 1.13. The van der Waals surface area contributed by atoms with Crippen LogP contribution in [0.5, 0.6) is 0 Å². The molecule has 2 nitrogen and oxygen atoms in total. The molecule has 3 unspecified atom stereocenters. The zero-order valence-electron chi connectivity index (χ0n) is 8.59. The first-order valence-electron chi connectivity index (χ1n) is 4.99. The first-order chi connectivity index (χ1) is 5.61. The van der Waals surface area contributed by atoms with Gasteiger partial charge in [0.15, 0.2) is 0 Å². The van der Waals surface area contributed by atoms with Gasteiger partial charge in [0.25, 0.3) is 0 Å². The maximum atomic E-state index is 9.62. The number of aliphatic hydroxyl groups is 1. The molecule has 0 spiro atoms. The molecular formula is C10H23NO. The van der Waals surface area contributed by atoms with Crippen molar-refractivity contribution in [2.75, 3.05) is 6.54 Å². The zero-order chi connectivity index (χ0) is 9.56. The molecule has 0 aromatic carbocycles. The predicted octanol–water partition coefficient (Wildman–Crippen LogP) is 1.77. The van der Waals surface area contributed by atoms with Crippen LogP contribution in [0.2, 0.25) is 0 Å². The molecule has 2 heteroatoms. The minimum Gasteiger partial charge on any atom is -0.393 e. The van der Waals surface area contributed by atoms with Crippen molar-refractivity contribution in [3.63, 3.8) is 0 Å². The number of hydrogen-bond acceptors (Lipinski definition) is 2. The quantitative estimate of drug-likeness (QED) is 0.643. The van der Waals surface area contributed by atoms with Gasteiger partial charge in [-0.1, -0.05) is 27.2 Å². The van der Waals surface area contributed by atoms with Gasteiger partial charge in [-0.2, -0.15) is 0 Å². The molecule has 3 N–H and O–H groups in total. The van der Waals surface area contributed by atoms with Gasteiger partial charge in [-0.25, -0.2) is 0 Å². The Labute approximate surface area is 76.2 Å². The number of aliphatic hydroxyl groups excluding tert-OH is 1. The lowest BCUT2D eigenvalue weighted by molar-refractivity contribution is 0.0991. The van der Waals surface area contributed by atoms with Gasteiger partial charge in [0.05, 0.1) is 6.10 Å². The summed E-state index contributed by atoms with van der Waals surface area (Å²) in [5.41, 5.74) is 5.49. The summed E-state index contributed by atoms with van der Waals surface area (Å²) in [6, 6.07) is 0. The van der Waals surface area contributed by atoms with Gasteiger partial charge < -0.3 is 10.8 Å². The van der Waals surface area contributed by atoms with Crippen LogP contribution in [-0.2, 0) is 0 Å². The highest BCUT2D eigenvalue weighted by molar-refractivity contribution is 4.65. The van der Waals surface area contributed by atoms with E-state index < -0.39 is 0 Å². The van der Waals surface area contributed by atoms with E-state index in [-0.39, 0.29) is 6.10 Å². The van der Waals surface area contributed by atoms with Gasteiger partial charge >= 0.3 is 0 Å². The van der Waals surface area contributed by atoms with Crippen LogP contribution in [0.4, 0.5) is 0 Å². The predicted molar refractivity (Wildman–Crippen MR) is 52.9 cm³/mol. The molecule has 3 atom stereocenters. The van der Waals surface area contributed by atoms with Crippen molar-refractivity contribution in [3.8, 4) is 0 Å². The summed E-state index contributed by atoms with van der Waals surface area (Å²) in [6.07, 6.45) is 2.86. The summed E-state index contributed by atoms with van der Waals surface area (Å²) in [6.45, 7) is 7.06. The summed E-state index contributed by atoms with van der Waals surface area (Å²) >= 11 is 0. The van der Waals surface area contributed by atoms with Gasteiger partial charge in [0, 0.05) is 0 Å². The fraction of sp³-hybridized carbons (Fsp3) is 1.00. The Morgan fingerprint density at radius 2 is 1.83 bits per heavy atom. The summed E-state index contributed by atoms with van der Waals surface area (Å²) in [5.74, 6) is 0.971. The van der Waals surface area contributed by atoms with E-state index in [9.17, 15) is 5.11 Å². The standard InChI is InChI=1S/C10H23NO/c1-4-9(3)10(12)6-5-8(2)7-11/h8-10,12H,4-7,11H2,1-3H3. The molecule has 0 amide bonds. The molecule has 0 rings (SSSR count). The Balaban J connectivity index is 3.49. The Morgan fingerprint density at radius 3 is 2.25 bits per heavy atom. The Kier molecular flexibility index (Phi) is 6.39. The molecule has 0 aromatic heterocycles. The Morgan fingerprint density at radius 1 is 1.25 bits per heavy atom. The second-order valence-corrected chi connectivity index (χ2v) is 3.87. The van der Waals surface area contributed by atoms with E-state index in [0.717, 1.165) is 25.8 Å². The maximum Gasteiger partial charge on any atom is 0.0565 e. The van der Waals surface area contributed by atoms with E-state index in [1.165, 1.54) is 0 Å². The first kappa shape index (κ1) is 11.9. The molecule has 0 saturated carbocycles. The zero-order valence-corrected chi connectivity index (χ0v) is 8.59. The monoisotopic (exact) mass is 173 g/mol. The summed E-state index contributed by atoms with van der Waals surface area (Å²) < 4.78 is 0. The van der Waals surface area contributed by atoms with Crippen LogP contribution in [0.15, 0.2) is 0 Å². The van der Waals surface area contributed by atoms with Crippen LogP contribution in [0.25, 0.3) is 0 Å². The number of rotatable bonds is 6. The molecular weight excluding hydrogens is 150 g/mol. The Hall–Kier alpha value is -0.0800. The molecule has 0 saturated heterocycles. The van der Waals surface area contributed by atoms with Crippen molar-refractivity contribution in [3.05, 3.63) is 0 Å². The highest BCUT2D eigenvalue weighted by atomic mass is 16.3. The van der Waals surface area contributed by atoms with Gasteiger partial charge in [-0.05, 0) is 31.2 Å². The average Bonchev–Trinajstić information content (AvgIpc) is 2.11. The largest absolute Gasteiger partial charge is 0.393 e. The van der Waals surface area contributed by atoms with Crippen LogP contribution in [0.3, 0.4) is 0 Å². The molecule has 0 aliphatic heterocycles. The van der Waals surface area contributed by atoms with Crippen molar-refractivity contribution >= 4 is 0 Å². The summed E-state index contributed by atoms with van der Waals surface area (Å²) in [5, 5.41) is 9.62. The van der Waals surface area contributed by atoms with E-state index in [4.69, 9.17) is 5.73 Å². The van der Waals surface area contributed by atoms with E-state index in [0.29, 0.717) is 11.8 Å². The van der Waals surface area contributed by atoms with E-state index in [1.807, 2.05) is 0 Å². The third-order valence-electron chi connectivity index (χ3n) is 2.66. The lowest BCUT2D eigenvalue weighted by Gasteiger charge is -2.18. The Bertz CT molecular complexity index is 106. The molecule has 0 heterocycles. The fourth-order valence-electron chi connectivity index (χ4n) is 1.13. The van der Waals surface area contributed by atoms with Crippen LogP contribution in [0.1, 0.15) is 40.0 Å². The molecule has 0 aromatic rings. The molecule has 12 heavy (non-hydrogen) atoms. The molecule has 0 radical (unpaired) electrons. The topological polar surface area (TPSA) is 46.2 Å². The minimum atomic E-state index is -0.135. The number of hydrogen-bond donors (Lipinski definition) is 2. The van der Waals surface area contributed by atoms with Gasteiger partial charge in [0.2, 0.25) is 0 Å². The third kappa shape index (κ3) is 4.73. The van der Waals surface area contributed by atoms with Gasteiger partial charge in [-0.3, -0.25) is 0 Å². The molecule has 0 aliphatic carbocycles. The molecule has 0 bridgehead atoms. The van der Waals surface area contributed by atoms with E-state index >= 15 is 0 Å². The lowest BCUT2D eigenvalue weighted by atomic mass is 9.94. The highest BCUT2D eigenvalue weighted by Crippen LogP contribution is 2.15. The first-order valence-corrected chi connectivity index (χ1v) is 4.99. The minimum absolute atomic E-state index is 0.135. The van der Waals surface area contributed by atoms with Crippen molar-refractivity contribution in [1.82, 2.24) is 0 Å². The second kappa shape index (κ2) is 6.44. The van der Waals surface area contributed by atoms with Gasteiger partial charge in [0.1, 0.15) is 0 Å². The van der Waals surface area contributed by atoms with Crippen LogP contribution in [0, 0.1) is 11.8 Å². The molecule has 74 valence electrons. The van der Waals surface area contributed by atoms with Crippen LogP contribution >= 0.6 is 0 Å². The van der Waals surface area contributed by atoms with E-state index in [1.54, 1.807) is 0 Å². The molecule has 0 aliphatic rings. The molecule has 0 fully saturated rings. The van der Waals surface area contributed by atoms with Crippen molar-refractivity contribution in [2.45, 2.75) is 46.1 Å². The van der Waals surface area contributed by atoms with Gasteiger partial charge in [-0.15, -0.1) is 0 Å². The van der Waals surface area contributed by atoms with Crippen molar-refractivity contribution in [2.24, 2.45) is 17.6 Å². The third-order valence-corrected chi connectivity index (χ3v) is 2.66. The number of nitrogens with two attached hydrogens (primary N) is 1. The highest BCUT2D eigenvalue weighted by Gasteiger charge is 2.12. The SMILES string of the molecule is CCC(C)C(O)CCC(C)CN. The van der Waals surface area contributed by atoms with Crippen molar-refractivity contribution < 1.29 is 5.11 Å². The van der Waals surface area contributed by atoms with Crippen LogP contribution < -0.4 is 5.73 Å². The summed E-state index contributed by atoms with van der Waals surface area (Å²) in [7, 11) is 0. The normalized spacial score (nSPS) is 18.8. The lowest BCUT2D eigenvalue weighted by Crippen LogP contribution is -2.19.